The monoisotopic (exact) mass is 416 g/mol. The highest BCUT2D eigenvalue weighted by Gasteiger charge is 2.19. The van der Waals surface area contributed by atoms with Crippen LogP contribution in [0.5, 0.6) is 0 Å². The third-order valence-corrected chi connectivity index (χ3v) is 6.23. The molecule has 0 heterocycles. The second kappa shape index (κ2) is 7.61. The second-order valence-corrected chi connectivity index (χ2v) is 8.38. The molecule has 0 aliphatic rings. The third kappa shape index (κ3) is 4.00. The Labute approximate surface area is 168 Å². The van der Waals surface area contributed by atoms with Crippen molar-refractivity contribution in [2.45, 2.75) is 18.7 Å². The van der Waals surface area contributed by atoms with Crippen LogP contribution in [0.15, 0.2) is 65.6 Å². The number of nitrogens with one attached hydrogen (secondary N) is 1. The predicted molar refractivity (Wildman–Crippen MR) is 110 cm³/mol. The van der Waals surface area contributed by atoms with Crippen LogP contribution in [0, 0.1) is 24.0 Å². The van der Waals surface area contributed by atoms with Crippen molar-refractivity contribution in [1.82, 2.24) is 0 Å². The standard InChI is InChI=1S/C20H17ClN2O4S/c1-13-12-20(14(2)11-18(13)21)28(26,27)22-16-9-7-15(8-10-16)17-5-3-4-6-19(17)23(24)25/h3-12,22H,1-2H3. The first-order valence-electron chi connectivity index (χ1n) is 8.32. The average Bonchev–Trinajstić information content (AvgIpc) is 2.65. The van der Waals surface area contributed by atoms with Crippen molar-refractivity contribution in [2.24, 2.45) is 0 Å². The Morgan fingerprint density at radius 3 is 2.25 bits per heavy atom. The van der Waals surface area contributed by atoms with Crippen LogP contribution in [0.3, 0.4) is 0 Å². The van der Waals surface area contributed by atoms with Crippen molar-refractivity contribution in [1.29, 1.82) is 0 Å². The van der Waals surface area contributed by atoms with E-state index in [1.54, 1.807) is 62.4 Å². The number of nitro groups is 1. The summed E-state index contributed by atoms with van der Waals surface area (Å²) in [7, 11) is -3.80. The first kappa shape index (κ1) is 19.9. The predicted octanol–water partition coefficient (Wildman–Crippen LogP) is 5.33. The molecular weight excluding hydrogens is 400 g/mol. The summed E-state index contributed by atoms with van der Waals surface area (Å²) in [6.45, 7) is 3.42. The third-order valence-electron chi connectivity index (χ3n) is 4.29. The maximum Gasteiger partial charge on any atom is 0.277 e. The van der Waals surface area contributed by atoms with Gasteiger partial charge in [-0.25, -0.2) is 8.42 Å². The molecule has 0 unspecified atom stereocenters. The van der Waals surface area contributed by atoms with Gasteiger partial charge < -0.3 is 0 Å². The van der Waals surface area contributed by atoms with E-state index in [0.29, 0.717) is 33.0 Å². The fourth-order valence-corrected chi connectivity index (χ4v) is 4.44. The van der Waals surface area contributed by atoms with Gasteiger partial charge >= 0.3 is 0 Å². The van der Waals surface area contributed by atoms with Crippen molar-refractivity contribution < 1.29 is 13.3 Å². The van der Waals surface area contributed by atoms with E-state index in [4.69, 9.17) is 11.6 Å². The van der Waals surface area contributed by atoms with Crippen molar-refractivity contribution >= 4 is 33.0 Å². The Kier molecular flexibility index (Phi) is 5.40. The van der Waals surface area contributed by atoms with Crippen molar-refractivity contribution in [3.05, 3.63) is 86.9 Å². The minimum atomic E-state index is -3.80. The SMILES string of the molecule is Cc1cc(S(=O)(=O)Nc2ccc(-c3ccccc3[N+](=O)[O-])cc2)c(C)cc1Cl. The molecule has 144 valence electrons. The summed E-state index contributed by atoms with van der Waals surface area (Å²) in [6, 6.07) is 16.0. The number of rotatable bonds is 5. The van der Waals surface area contributed by atoms with Crippen LogP contribution in [-0.2, 0) is 10.0 Å². The molecule has 0 saturated carbocycles. The quantitative estimate of drug-likeness (QED) is 0.449. The lowest BCUT2D eigenvalue weighted by molar-refractivity contribution is -0.384. The molecule has 0 aliphatic heterocycles. The van der Waals surface area contributed by atoms with E-state index in [9.17, 15) is 18.5 Å². The molecule has 0 spiro atoms. The van der Waals surface area contributed by atoms with Crippen LogP contribution < -0.4 is 4.72 Å². The normalized spacial score (nSPS) is 11.2. The van der Waals surface area contributed by atoms with Crippen LogP contribution in [0.25, 0.3) is 11.1 Å². The van der Waals surface area contributed by atoms with Gasteiger partial charge in [0.05, 0.1) is 15.4 Å². The number of sulfonamides is 1. The molecule has 3 rings (SSSR count). The van der Waals surface area contributed by atoms with Gasteiger partial charge in [-0.3, -0.25) is 14.8 Å². The van der Waals surface area contributed by atoms with Gasteiger partial charge in [0.25, 0.3) is 15.7 Å². The van der Waals surface area contributed by atoms with Crippen LogP contribution in [0.2, 0.25) is 5.02 Å². The number of aryl methyl sites for hydroxylation is 2. The van der Waals surface area contributed by atoms with Crippen molar-refractivity contribution in [2.75, 3.05) is 4.72 Å². The van der Waals surface area contributed by atoms with Gasteiger partial charge in [0.2, 0.25) is 0 Å². The molecule has 28 heavy (non-hydrogen) atoms. The van der Waals surface area contributed by atoms with E-state index in [1.807, 2.05) is 0 Å². The van der Waals surface area contributed by atoms with Gasteiger partial charge in [-0.15, -0.1) is 0 Å². The highest BCUT2D eigenvalue weighted by molar-refractivity contribution is 7.92. The minimum Gasteiger partial charge on any atom is -0.280 e. The van der Waals surface area contributed by atoms with E-state index < -0.39 is 14.9 Å². The summed E-state index contributed by atoms with van der Waals surface area (Å²) in [4.78, 5) is 10.9. The molecule has 0 amide bonds. The first-order chi connectivity index (χ1) is 13.2. The van der Waals surface area contributed by atoms with Crippen molar-refractivity contribution in [3.8, 4) is 11.1 Å². The molecule has 0 aliphatic carbocycles. The average molecular weight is 417 g/mol. The maximum absolute atomic E-state index is 12.7. The van der Waals surface area contributed by atoms with E-state index in [0.717, 1.165) is 0 Å². The molecule has 0 atom stereocenters. The van der Waals surface area contributed by atoms with E-state index >= 15 is 0 Å². The molecule has 0 aromatic heterocycles. The topological polar surface area (TPSA) is 89.3 Å². The molecule has 0 saturated heterocycles. The molecule has 6 nitrogen and oxygen atoms in total. The highest BCUT2D eigenvalue weighted by Crippen LogP contribution is 2.31. The number of hydrogen-bond acceptors (Lipinski definition) is 4. The summed E-state index contributed by atoms with van der Waals surface area (Å²) in [5.41, 5.74) is 2.64. The van der Waals surface area contributed by atoms with Gasteiger partial charge in [0.1, 0.15) is 0 Å². The number of benzene rings is 3. The van der Waals surface area contributed by atoms with E-state index in [1.165, 1.54) is 12.1 Å². The molecule has 3 aromatic rings. The maximum atomic E-state index is 12.7. The lowest BCUT2D eigenvalue weighted by atomic mass is 10.0. The molecule has 0 radical (unpaired) electrons. The lowest BCUT2D eigenvalue weighted by Gasteiger charge is -2.12. The van der Waals surface area contributed by atoms with E-state index in [2.05, 4.69) is 4.72 Å². The second-order valence-electron chi connectivity index (χ2n) is 6.32. The highest BCUT2D eigenvalue weighted by atomic mass is 35.5. The first-order valence-corrected chi connectivity index (χ1v) is 10.2. The number of halogens is 1. The Morgan fingerprint density at radius 1 is 0.964 bits per heavy atom. The Bertz CT molecular complexity index is 1160. The number of nitro benzene ring substituents is 1. The summed E-state index contributed by atoms with van der Waals surface area (Å²) < 4.78 is 28.0. The largest absolute Gasteiger partial charge is 0.280 e. The molecule has 8 heteroatoms. The zero-order valence-corrected chi connectivity index (χ0v) is 16.7. The summed E-state index contributed by atoms with van der Waals surface area (Å²) >= 11 is 6.04. The summed E-state index contributed by atoms with van der Waals surface area (Å²) in [6.07, 6.45) is 0. The van der Waals surface area contributed by atoms with Gasteiger partial charge in [0, 0.05) is 16.8 Å². The van der Waals surface area contributed by atoms with Gasteiger partial charge in [-0.1, -0.05) is 35.9 Å². The number of nitrogens with zero attached hydrogens (tertiary/aromatic N) is 1. The minimum absolute atomic E-state index is 0.0110. The van der Waals surface area contributed by atoms with Crippen LogP contribution in [-0.4, -0.2) is 13.3 Å². The summed E-state index contributed by atoms with van der Waals surface area (Å²) in [5.74, 6) is 0. The molecular formula is C20H17ClN2O4S. The van der Waals surface area contributed by atoms with Crippen molar-refractivity contribution in [3.63, 3.8) is 0 Å². The molecule has 0 bridgehead atoms. The van der Waals surface area contributed by atoms with Crippen LogP contribution in [0.4, 0.5) is 11.4 Å². The molecule has 1 N–H and O–H groups in total. The fourth-order valence-electron chi connectivity index (χ4n) is 2.85. The van der Waals surface area contributed by atoms with Gasteiger partial charge in [-0.05, 0) is 60.9 Å². The van der Waals surface area contributed by atoms with E-state index in [-0.39, 0.29) is 10.6 Å². The Balaban J connectivity index is 1.91. The molecule has 3 aromatic carbocycles. The zero-order chi connectivity index (χ0) is 20.5. The zero-order valence-electron chi connectivity index (χ0n) is 15.1. The molecule has 0 fully saturated rings. The lowest BCUT2D eigenvalue weighted by Crippen LogP contribution is -2.14. The number of hydrogen-bond donors (Lipinski definition) is 1. The summed E-state index contributed by atoms with van der Waals surface area (Å²) in [5, 5.41) is 11.7. The van der Waals surface area contributed by atoms with Crippen LogP contribution >= 0.6 is 11.6 Å². The fraction of sp³-hybridized carbons (Fsp3) is 0.100. The Morgan fingerprint density at radius 2 is 1.61 bits per heavy atom. The number of anilines is 1. The van der Waals surface area contributed by atoms with Crippen LogP contribution in [0.1, 0.15) is 11.1 Å². The van der Waals surface area contributed by atoms with Gasteiger partial charge in [-0.2, -0.15) is 0 Å². The number of para-hydroxylation sites is 1. The smallest absolute Gasteiger partial charge is 0.277 e. The Hall–Kier alpha value is -2.90. The van der Waals surface area contributed by atoms with Gasteiger partial charge in [0.15, 0.2) is 0 Å².